The number of hydrogen-bond acceptors (Lipinski definition) is 4. The number of carbonyl (C=O) groups excluding carboxylic acids is 1. The molecule has 0 aliphatic heterocycles. The lowest BCUT2D eigenvalue weighted by Gasteiger charge is -2.13. The minimum Gasteiger partial charge on any atom is -0.497 e. The highest BCUT2D eigenvalue weighted by molar-refractivity contribution is 7.12. The Hall–Kier alpha value is -1.85. The van der Waals surface area contributed by atoms with E-state index in [1.807, 2.05) is 11.4 Å². The fourth-order valence-electron chi connectivity index (χ4n) is 2.17. The second kappa shape index (κ2) is 7.42. The zero-order valence-electron chi connectivity index (χ0n) is 13.0. The van der Waals surface area contributed by atoms with E-state index < -0.39 is 6.10 Å². The van der Waals surface area contributed by atoms with E-state index in [9.17, 15) is 9.90 Å². The molecule has 0 aliphatic carbocycles. The third-order valence-electron chi connectivity index (χ3n) is 3.48. The summed E-state index contributed by atoms with van der Waals surface area (Å²) < 4.78 is 5.08. The van der Waals surface area contributed by atoms with Gasteiger partial charge >= 0.3 is 0 Å². The third kappa shape index (κ3) is 3.87. The lowest BCUT2D eigenvalue weighted by atomic mass is 10.0. The average Bonchev–Trinajstić information content (AvgIpc) is 3.02. The van der Waals surface area contributed by atoms with Crippen molar-refractivity contribution in [3.05, 3.63) is 51.7 Å². The molecule has 4 nitrogen and oxygen atoms in total. The number of hydrogen-bond donors (Lipinski definition) is 2. The smallest absolute Gasteiger partial charge is 0.261 e. The van der Waals surface area contributed by atoms with Gasteiger partial charge in [0.25, 0.3) is 5.91 Å². The molecule has 1 aromatic carbocycles. The number of aliphatic hydroxyl groups excluding tert-OH is 1. The molecule has 0 saturated heterocycles. The van der Waals surface area contributed by atoms with Gasteiger partial charge in [-0.2, -0.15) is 0 Å². The van der Waals surface area contributed by atoms with Gasteiger partial charge < -0.3 is 15.2 Å². The molecule has 5 heteroatoms. The van der Waals surface area contributed by atoms with Gasteiger partial charge in [0.15, 0.2) is 0 Å². The van der Waals surface area contributed by atoms with Crippen LogP contribution in [-0.2, 0) is 0 Å². The molecule has 1 amide bonds. The van der Waals surface area contributed by atoms with E-state index in [0.717, 1.165) is 21.8 Å². The van der Waals surface area contributed by atoms with Crippen LogP contribution in [0.15, 0.2) is 35.7 Å². The lowest BCUT2D eigenvalue weighted by molar-refractivity contribution is 0.0919. The highest BCUT2D eigenvalue weighted by Crippen LogP contribution is 2.24. The number of methoxy groups -OCH3 is 1. The zero-order chi connectivity index (χ0) is 16.1. The molecule has 0 aliphatic rings. The monoisotopic (exact) mass is 319 g/mol. The van der Waals surface area contributed by atoms with Crippen molar-refractivity contribution in [3.8, 4) is 5.75 Å². The Kier molecular flexibility index (Phi) is 5.57. The van der Waals surface area contributed by atoms with Crippen LogP contribution in [0.5, 0.6) is 5.75 Å². The van der Waals surface area contributed by atoms with Gasteiger partial charge in [-0.05, 0) is 40.6 Å². The van der Waals surface area contributed by atoms with E-state index in [2.05, 4.69) is 19.2 Å². The minimum absolute atomic E-state index is 0.133. The first-order chi connectivity index (χ1) is 10.5. The van der Waals surface area contributed by atoms with Crippen molar-refractivity contribution in [2.75, 3.05) is 13.7 Å². The molecule has 2 aromatic rings. The van der Waals surface area contributed by atoms with E-state index in [-0.39, 0.29) is 12.5 Å². The molecule has 2 rings (SSSR count). The van der Waals surface area contributed by atoms with Crippen LogP contribution in [0.4, 0.5) is 0 Å². The topological polar surface area (TPSA) is 58.6 Å². The Labute approximate surface area is 134 Å². The number of thiophene rings is 1. The fourth-order valence-corrected chi connectivity index (χ4v) is 3.14. The summed E-state index contributed by atoms with van der Waals surface area (Å²) in [6, 6.07) is 9.14. The number of amides is 1. The first-order valence-electron chi connectivity index (χ1n) is 7.20. The van der Waals surface area contributed by atoms with Gasteiger partial charge in [0.1, 0.15) is 5.75 Å². The third-order valence-corrected chi connectivity index (χ3v) is 4.41. The molecule has 2 N–H and O–H groups in total. The van der Waals surface area contributed by atoms with Crippen LogP contribution in [0.3, 0.4) is 0 Å². The predicted molar refractivity (Wildman–Crippen MR) is 88.7 cm³/mol. The molecule has 1 atom stereocenters. The van der Waals surface area contributed by atoms with Crippen LogP contribution in [0.1, 0.15) is 46.7 Å². The van der Waals surface area contributed by atoms with Crippen LogP contribution in [0.25, 0.3) is 0 Å². The maximum Gasteiger partial charge on any atom is 0.261 e. The Balaban J connectivity index is 1.96. The van der Waals surface area contributed by atoms with E-state index in [1.165, 1.54) is 11.3 Å². The van der Waals surface area contributed by atoms with Gasteiger partial charge in [0, 0.05) is 6.54 Å². The van der Waals surface area contributed by atoms with Gasteiger partial charge in [-0.25, -0.2) is 0 Å². The number of aliphatic hydroxyl groups is 1. The fraction of sp³-hybridized carbons (Fsp3) is 0.353. The summed E-state index contributed by atoms with van der Waals surface area (Å²) in [6.45, 7) is 4.30. The molecule has 1 heterocycles. The summed E-state index contributed by atoms with van der Waals surface area (Å²) in [5.74, 6) is 0.907. The van der Waals surface area contributed by atoms with Crippen LogP contribution >= 0.6 is 11.3 Å². The van der Waals surface area contributed by atoms with Crippen LogP contribution < -0.4 is 10.1 Å². The molecule has 0 fully saturated rings. The van der Waals surface area contributed by atoms with E-state index in [0.29, 0.717) is 5.92 Å². The van der Waals surface area contributed by atoms with E-state index in [4.69, 9.17) is 4.74 Å². The lowest BCUT2D eigenvalue weighted by Crippen LogP contribution is -2.28. The standard InChI is InChI=1S/C17H21NO3S/c1-11(2)14-8-9-22-16(14)17(20)18-10-15(19)12-4-6-13(21-3)7-5-12/h4-9,11,15,19H,10H2,1-3H3,(H,18,20). The molecule has 0 saturated carbocycles. The maximum absolute atomic E-state index is 12.2. The number of nitrogens with one attached hydrogen (secondary N) is 1. The SMILES string of the molecule is COc1ccc(C(O)CNC(=O)c2sccc2C(C)C)cc1. The Morgan fingerprint density at radius 1 is 1.27 bits per heavy atom. The normalized spacial score (nSPS) is 12.2. The number of carbonyl (C=O) groups is 1. The Morgan fingerprint density at radius 3 is 2.55 bits per heavy atom. The summed E-state index contributed by atoms with van der Waals surface area (Å²) in [4.78, 5) is 13.0. The summed E-state index contributed by atoms with van der Waals surface area (Å²) in [5, 5.41) is 14.9. The predicted octanol–water partition coefficient (Wildman–Crippen LogP) is 3.34. The molecule has 118 valence electrons. The summed E-state index contributed by atoms with van der Waals surface area (Å²) in [7, 11) is 1.60. The van der Waals surface area contributed by atoms with Crippen molar-refractivity contribution in [2.24, 2.45) is 0 Å². The van der Waals surface area contributed by atoms with Gasteiger partial charge in [-0.1, -0.05) is 26.0 Å². The van der Waals surface area contributed by atoms with Crippen molar-refractivity contribution < 1.29 is 14.6 Å². The van der Waals surface area contributed by atoms with Crippen molar-refractivity contribution in [2.45, 2.75) is 25.9 Å². The van der Waals surface area contributed by atoms with Crippen LogP contribution in [-0.4, -0.2) is 24.7 Å². The van der Waals surface area contributed by atoms with Gasteiger partial charge in [0.05, 0.1) is 18.1 Å². The highest BCUT2D eigenvalue weighted by Gasteiger charge is 2.16. The van der Waals surface area contributed by atoms with Crippen molar-refractivity contribution in [3.63, 3.8) is 0 Å². The first-order valence-corrected chi connectivity index (χ1v) is 8.08. The maximum atomic E-state index is 12.2. The second-order valence-corrected chi connectivity index (χ2v) is 6.27. The number of rotatable bonds is 6. The van der Waals surface area contributed by atoms with Crippen LogP contribution in [0.2, 0.25) is 0 Å². The Bertz CT molecular complexity index is 619. The molecular formula is C17H21NO3S. The van der Waals surface area contributed by atoms with Crippen molar-refractivity contribution >= 4 is 17.2 Å². The minimum atomic E-state index is -0.739. The quantitative estimate of drug-likeness (QED) is 0.858. The second-order valence-electron chi connectivity index (χ2n) is 5.36. The molecule has 0 spiro atoms. The van der Waals surface area contributed by atoms with Gasteiger partial charge in [-0.15, -0.1) is 11.3 Å². The Morgan fingerprint density at radius 2 is 1.95 bits per heavy atom. The van der Waals surface area contributed by atoms with Crippen molar-refractivity contribution in [1.29, 1.82) is 0 Å². The molecule has 0 bridgehead atoms. The molecule has 0 radical (unpaired) electrons. The zero-order valence-corrected chi connectivity index (χ0v) is 13.8. The summed E-state index contributed by atoms with van der Waals surface area (Å²) in [6.07, 6.45) is -0.739. The largest absolute Gasteiger partial charge is 0.497 e. The highest BCUT2D eigenvalue weighted by atomic mass is 32.1. The number of ether oxygens (including phenoxy) is 1. The van der Waals surface area contributed by atoms with Gasteiger partial charge in [-0.3, -0.25) is 4.79 Å². The molecule has 1 unspecified atom stereocenters. The van der Waals surface area contributed by atoms with Crippen molar-refractivity contribution in [1.82, 2.24) is 5.32 Å². The van der Waals surface area contributed by atoms with Gasteiger partial charge in [0.2, 0.25) is 0 Å². The molecule has 1 aromatic heterocycles. The summed E-state index contributed by atoms with van der Waals surface area (Å²) in [5.41, 5.74) is 1.79. The molecule has 22 heavy (non-hydrogen) atoms. The molecular weight excluding hydrogens is 298 g/mol. The van der Waals surface area contributed by atoms with Crippen LogP contribution in [0, 0.1) is 0 Å². The first kappa shape index (κ1) is 16.5. The average molecular weight is 319 g/mol. The number of benzene rings is 1. The summed E-state index contributed by atoms with van der Waals surface area (Å²) >= 11 is 1.43. The van der Waals surface area contributed by atoms with E-state index >= 15 is 0 Å². The van der Waals surface area contributed by atoms with E-state index in [1.54, 1.807) is 31.4 Å².